The third-order valence-corrected chi connectivity index (χ3v) is 14.4. The molecule has 0 bridgehead atoms. The molecular weight excluding hydrogens is 835 g/mol. The van der Waals surface area contributed by atoms with Crippen molar-refractivity contribution in [3.05, 3.63) is 36.5 Å². The summed E-state index contributed by atoms with van der Waals surface area (Å²) in [7, 11) is 0. The van der Waals surface area contributed by atoms with Gasteiger partial charge in [0.25, 0.3) is 0 Å². The number of carbonyl (C=O) groups is 1. The molecule has 68 heavy (non-hydrogen) atoms. The van der Waals surface area contributed by atoms with E-state index in [1.54, 1.807) is 6.08 Å². The van der Waals surface area contributed by atoms with Crippen LogP contribution in [0.4, 0.5) is 0 Å². The SMILES string of the molecule is CCCCCCCCCCC/C=C\C/C=C\CCCCCCCCCCCCCCCC(O)CC(=O)NC(CO)C(O)/C=C/CCCCCCCCCCCCCCCCCCCCCCCC. The van der Waals surface area contributed by atoms with Crippen LogP contribution in [0.25, 0.3) is 0 Å². The number of aliphatic hydroxyl groups excluding tert-OH is 3. The molecule has 0 radical (unpaired) electrons. The lowest BCUT2D eigenvalue weighted by Gasteiger charge is -2.21. The van der Waals surface area contributed by atoms with Crippen LogP contribution in [0.15, 0.2) is 36.5 Å². The number of amides is 1. The van der Waals surface area contributed by atoms with Gasteiger partial charge in [0.2, 0.25) is 5.91 Å². The van der Waals surface area contributed by atoms with Gasteiger partial charge in [-0.1, -0.05) is 314 Å². The fourth-order valence-electron chi connectivity index (χ4n) is 9.73. The summed E-state index contributed by atoms with van der Waals surface area (Å²) in [5.74, 6) is -0.311. The average molecular weight is 957 g/mol. The van der Waals surface area contributed by atoms with Crippen LogP contribution in [0.5, 0.6) is 0 Å². The fourth-order valence-corrected chi connectivity index (χ4v) is 9.73. The Kier molecular flexibility index (Phi) is 56.9. The Morgan fingerprint density at radius 1 is 0.382 bits per heavy atom. The van der Waals surface area contributed by atoms with Crippen LogP contribution in [-0.2, 0) is 4.79 Å². The standard InChI is InChI=1S/C63H121NO4/c1-3-5-7-9-11-13-15-17-19-21-23-25-27-29-30-31-32-33-34-36-38-40-42-44-46-48-50-52-54-56-60(66)58-63(68)64-61(59-65)62(67)57-55-53-51-49-47-45-43-41-39-37-35-28-26-24-22-20-18-16-14-12-10-8-6-4-2/h23,25,29-30,55,57,60-62,65-67H,3-22,24,26-28,31-54,56,58-59H2,1-2H3,(H,64,68)/b25-23-,30-29-,57-55+. The van der Waals surface area contributed by atoms with E-state index >= 15 is 0 Å². The number of nitrogens with one attached hydrogen (secondary N) is 1. The maximum Gasteiger partial charge on any atom is 0.222 e. The minimum Gasteiger partial charge on any atom is -0.394 e. The summed E-state index contributed by atoms with van der Waals surface area (Å²) in [5.41, 5.74) is 0. The molecule has 3 atom stereocenters. The van der Waals surface area contributed by atoms with Crippen LogP contribution in [0.2, 0.25) is 0 Å². The first-order valence-electron chi connectivity index (χ1n) is 30.8. The van der Waals surface area contributed by atoms with Crippen LogP contribution in [-0.4, -0.2) is 46.1 Å². The minimum absolute atomic E-state index is 0.0147. The van der Waals surface area contributed by atoms with Gasteiger partial charge in [0, 0.05) is 0 Å². The molecular formula is C63H121NO4. The molecule has 0 aliphatic rings. The first-order chi connectivity index (χ1) is 33.5. The largest absolute Gasteiger partial charge is 0.394 e. The lowest BCUT2D eigenvalue weighted by Crippen LogP contribution is -2.45. The Balaban J connectivity index is 3.54. The Labute approximate surface area is 425 Å². The highest BCUT2D eigenvalue weighted by Crippen LogP contribution is 2.18. The zero-order valence-electron chi connectivity index (χ0n) is 46.0. The summed E-state index contributed by atoms with van der Waals surface area (Å²) in [6.07, 6.45) is 76.4. The molecule has 4 N–H and O–H groups in total. The van der Waals surface area contributed by atoms with Gasteiger partial charge in [0.15, 0.2) is 0 Å². The molecule has 0 rings (SSSR count). The Hall–Kier alpha value is -1.43. The summed E-state index contributed by atoms with van der Waals surface area (Å²) < 4.78 is 0. The van der Waals surface area contributed by atoms with Gasteiger partial charge in [-0.15, -0.1) is 0 Å². The maximum absolute atomic E-state index is 12.6. The van der Waals surface area contributed by atoms with Crippen molar-refractivity contribution in [1.82, 2.24) is 5.32 Å². The van der Waals surface area contributed by atoms with Gasteiger partial charge in [-0.25, -0.2) is 0 Å². The zero-order chi connectivity index (χ0) is 49.3. The molecule has 0 aliphatic carbocycles. The van der Waals surface area contributed by atoms with E-state index in [1.807, 2.05) is 6.08 Å². The number of hydrogen-bond acceptors (Lipinski definition) is 4. The zero-order valence-corrected chi connectivity index (χ0v) is 46.0. The van der Waals surface area contributed by atoms with Crippen molar-refractivity contribution in [3.63, 3.8) is 0 Å². The normalized spacial score (nSPS) is 13.4. The predicted octanol–water partition coefficient (Wildman–Crippen LogP) is 19.4. The second-order valence-corrected chi connectivity index (χ2v) is 21.3. The molecule has 0 aromatic rings. The molecule has 1 amide bonds. The summed E-state index contributed by atoms with van der Waals surface area (Å²) in [6.45, 7) is 4.25. The van der Waals surface area contributed by atoms with Gasteiger partial charge < -0.3 is 20.6 Å². The first kappa shape index (κ1) is 66.6. The number of carbonyl (C=O) groups excluding carboxylic acids is 1. The van der Waals surface area contributed by atoms with Gasteiger partial charge in [-0.05, 0) is 51.4 Å². The molecule has 402 valence electrons. The van der Waals surface area contributed by atoms with Crippen molar-refractivity contribution in [1.29, 1.82) is 0 Å². The van der Waals surface area contributed by atoms with Crippen molar-refractivity contribution in [2.45, 2.75) is 353 Å². The van der Waals surface area contributed by atoms with E-state index < -0.39 is 18.2 Å². The van der Waals surface area contributed by atoms with Crippen LogP contribution < -0.4 is 5.32 Å². The van der Waals surface area contributed by atoms with E-state index in [0.717, 1.165) is 32.1 Å². The van der Waals surface area contributed by atoms with Gasteiger partial charge in [0.1, 0.15) is 0 Å². The van der Waals surface area contributed by atoms with Crippen molar-refractivity contribution < 1.29 is 20.1 Å². The molecule has 5 heteroatoms. The number of rotatable bonds is 57. The van der Waals surface area contributed by atoms with Crippen molar-refractivity contribution in [2.24, 2.45) is 0 Å². The summed E-state index contributed by atoms with van der Waals surface area (Å²) >= 11 is 0. The molecule has 0 spiro atoms. The van der Waals surface area contributed by atoms with Gasteiger partial charge in [0.05, 0.1) is 31.3 Å². The molecule has 0 heterocycles. The number of hydrogen-bond donors (Lipinski definition) is 4. The molecule has 0 aromatic heterocycles. The third-order valence-electron chi connectivity index (χ3n) is 14.4. The number of allylic oxidation sites excluding steroid dienone is 5. The second-order valence-electron chi connectivity index (χ2n) is 21.3. The summed E-state index contributed by atoms with van der Waals surface area (Å²) in [6, 6.07) is -0.746. The monoisotopic (exact) mass is 956 g/mol. The highest BCUT2D eigenvalue weighted by Gasteiger charge is 2.20. The third kappa shape index (κ3) is 53.9. The van der Waals surface area contributed by atoms with Crippen LogP contribution >= 0.6 is 0 Å². The summed E-state index contributed by atoms with van der Waals surface area (Å²) in [4.78, 5) is 12.6. The predicted molar refractivity (Wildman–Crippen MR) is 301 cm³/mol. The van der Waals surface area contributed by atoms with Crippen LogP contribution in [0.1, 0.15) is 335 Å². The molecule has 0 aliphatic heterocycles. The molecule has 3 unspecified atom stereocenters. The highest BCUT2D eigenvalue weighted by molar-refractivity contribution is 5.76. The van der Waals surface area contributed by atoms with E-state index in [-0.39, 0.29) is 18.9 Å². The van der Waals surface area contributed by atoms with Gasteiger partial charge >= 0.3 is 0 Å². The number of aliphatic hydroxyl groups is 3. The second kappa shape index (κ2) is 58.1. The van der Waals surface area contributed by atoms with Crippen molar-refractivity contribution in [3.8, 4) is 0 Å². The maximum atomic E-state index is 12.6. The molecule has 0 saturated heterocycles. The molecule has 0 aromatic carbocycles. The van der Waals surface area contributed by atoms with E-state index in [0.29, 0.717) is 6.42 Å². The first-order valence-corrected chi connectivity index (χ1v) is 30.8. The highest BCUT2D eigenvalue weighted by atomic mass is 16.3. The lowest BCUT2D eigenvalue weighted by atomic mass is 10.0. The fraction of sp³-hybridized carbons (Fsp3) is 0.889. The Bertz CT molecular complexity index is 1060. The minimum atomic E-state index is -0.930. The molecule has 0 saturated carbocycles. The topological polar surface area (TPSA) is 89.8 Å². The Morgan fingerprint density at radius 2 is 0.662 bits per heavy atom. The average Bonchev–Trinajstić information content (AvgIpc) is 3.33. The van der Waals surface area contributed by atoms with Gasteiger partial charge in [-0.3, -0.25) is 4.79 Å². The van der Waals surface area contributed by atoms with Crippen molar-refractivity contribution in [2.75, 3.05) is 6.61 Å². The molecule has 0 fully saturated rings. The van der Waals surface area contributed by atoms with Crippen LogP contribution in [0, 0.1) is 0 Å². The molecule has 5 nitrogen and oxygen atoms in total. The summed E-state index contributed by atoms with van der Waals surface area (Å²) in [5, 5.41) is 33.5. The Morgan fingerprint density at radius 3 is 0.971 bits per heavy atom. The van der Waals surface area contributed by atoms with E-state index in [9.17, 15) is 20.1 Å². The van der Waals surface area contributed by atoms with E-state index in [4.69, 9.17) is 0 Å². The van der Waals surface area contributed by atoms with E-state index in [2.05, 4.69) is 43.5 Å². The van der Waals surface area contributed by atoms with Crippen molar-refractivity contribution >= 4 is 5.91 Å². The van der Waals surface area contributed by atoms with E-state index in [1.165, 1.54) is 276 Å². The lowest BCUT2D eigenvalue weighted by molar-refractivity contribution is -0.124. The van der Waals surface area contributed by atoms with Crippen LogP contribution in [0.3, 0.4) is 0 Å². The number of unbranched alkanes of at least 4 members (excludes halogenated alkanes) is 44. The van der Waals surface area contributed by atoms with Gasteiger partial charge in [-0.2, -0.15) is 0 Å². The smallest absolute Gasteiger partial charge is 0.222 e. The quantitative estimate of drug-likeness (QED) is 0.0361.